The Hall–Kier alpha value is -1.26. The molecule has 2 amide bonds. The van der Waals surface area contributed by atoms with Crippen LogP contribution < -0.4 is 0 Å². The average molecular weight is 159 g/mol. The fourth-order valence-electron chi connectivity index (χ4n) is 0.915. The van der Waals surface area contributed by atoms with Crippen molar-refractivity contribution in [2.75, 3.05) is 6.54 Å². The largest absolute Gasteiger partial charge is 0.465 e. The Morgan fingerprint density at radius 1 is 1.73 bits per heavy atom. The summed E-state index contributed by atoms with van der Waals surface area (Å²) in [7, 11) is 0. The van der Waals surface area contributed by atoms with Crippen LogP contribution in [0.15, 0.2) is 0 Å². The Labute approximate surface area is 63.5 Å². The minimum atomic E-state index is -1.26. The van der Waals surface area contributed by atoms with Gasteiger partial charge < -0.3 is 9.84 Å². The van der Waals surface area contributed by atoms with Gasteiger partial charge in [0.05, 0.1) is 6.54 Å². The Balaban J connectivity index is 2.74. The summed E-state index contributed by atoms with van der Waals surface area (Å²) in [5.74, 6) is 0. The van der Waals surface area contributed by atoms with E-state index < -0.39 is 17.8 Å². The average Bonchev–Trinajstić information content (AvgIpc) is 2.05. The monoisotopic (exact) mass is 159 g/mol. The molecule has 1 saturated heterocycles. The molecule has 11 heavy (non-hydrogen) atoms. The maximum atomic E-state index is 10.8. The van der Waals surface area contributed by atoms with Crippen LogP contribution in [0.5, 0.6) is 0 Å². The summed E-state index contributed by atoms with van der Waals surface area (Å²) in [5, 5.41) is 8.44. The number of carboxylic acid groups (broad SMARTS) is 1. The number of amides is 2. The van der Waals surface area contributed by atoms with Crippen LogP contribution >= 0.6 is 0 Å². The maximum Gasteiger partial charge on any atom is 0.420 e. The highest BCUT2D eigenvalue weighted by Crippen LogP contribution is 2.20. The first-order chi connectivity index (χ1) is 4.92. The van der Waals surface area contributed by atoms with Gasteiger partial charge in [0.25, 0.3) is 0 Å². The molecule has 0 saturated carbocycles. The van der Waals surface area contributed by atoms with Crippen molar-refractivity contribution in [2.24, 2.45) is 0 Å². The summed E-state index contributed by atoms with van der Waals surface area (Å²) in [6.45, 7) is 3.42. The molecule has 0 aromatic rings. The van der Waals surface area contributed by atoms with Gasteiger partial charge in [-0.05, 0) is 13.8 Å². The molecular formula is C6H9NO4. The molecule has 5 nitrogen and oxygen atoms in total. The van der Waals surface area contributed by atoms with E-state index in [0.29, 0.717) is 4.90 Å². The predicted octanol–water partition coefficient (Wildman–Crippen LogP) is 0.895. The second-order valence-electron chi connectivity index (χ2n) is 3.00. The second-order valence-corrected chi connectivity index (χ2v) is 3.00. The van der Waals surface area contributed by atoms with Crippen molar-refractivity contribution < 1.29 is 19.4 Å². The second kappa shape index (κ2) is 2.11. The number of cyclic esters (lactones) is 1. The van der Waals surface area contributed by atoms with Gasteiger partial charge in [0.15, 0.2) is 0 Å². The Kier molecular flexibility index (Phi) is 1.51. The number of nitrogens with zero attached hydrogens (tertiary/aromatic N) is 1. The standard InChI is InChI=1S/C6H9NO4/c1-6(2)3-7(4(8)9)5(10)11-6/h3H2,1-2H3,(H,8,9). The van der Waals surface area contributed by atoms with Gasteiger partial charge in [-0.1, -0.05) is 0 Å². The molecule has 1 heterocycles. The van der Waals surface area contributed by atoms with Crippen molar-refractivity contribution in [2.45, 2.75) is 19.4 Å². The molecule has 62 valence electrons. The number of hydrogen-bond acceptors (Lipinski definition) is 3. The number of imide groups is 1. The lowest BCUT2D eigenvalue weighted by molar-refractivity contribution is 0.0859. The zero-order valence-electron chi connectivity index (χ0n) is 6.33. The molecule has 1 fully saturated rings. The van der Waals surface area contributed by atoms with Crippen molar-refractivity contribution in [3.63, 3.8) is 0 Å². The minimum Gasteiger partial charge on any atom is -0.465 e. The van der Waals surface area contributed by atoms with Crippen LogP contribution in [-0.4, -0.2) is 34.3 Å². The topological polar surface area (TPSA) is 66.8 Å². The zero-order chi connectivity index (χ0) is 8.65. The lowest BCUT2D eigenvalue weighted by atomic mass is 10.1. The summed E-state index contributed by atoms with van der Waals surface area (Å²) in [5.41, 5.74) is -0.685. The summed E-state index contributed by atoms with van der Waals surface area (Å²) < 4.78 is 4.73. The van der Waals surface area contributed by atoms with Gasteiger partial charge >= 0.3 is 12.2 Å². The van der Waals surface area contributed by atoms with E-state index in [-0.39, 0.29) is 6.54 Å². The van der Waals surface area contributed by atoms with Crippen molar-refractivity contribution in [3.8, 4) is 0 Å². The first-order valence-electron chi connectivity index (χ1n) is 3.16. The molecule has 5 heteroatoms. The summed E-state index contributed by atoms with van der Waals surface area (Å²) in [6.07, 6.45) is -2.05. The van der Waals surface area contributed by atoms with Crippen LogP contribution in [0, 0.1) is 0 Å². The van der Waals surface area contributed by atoms with Crippen LogP contribution in [0.3, 0.4) is 0 Å². The van der Waals surface area contributed by atoms with Crippen molar-refractivity contribution in [1.82, 2.24) is 4.90 Å². The molecule has 1 aliphatic rings. The van der Waals surface area contributed by atoms with Gasteiger partial charge in [0, 0.05) is 0 Å². The molecule has 1 rings (SSSR count). The van der Waals surface area contributed by atoms with Crippen LogP contribution in [-0.2, 0) is 4.74 Å². The van der Waals surface area contributed by atoms with Crippen LogP contribution in [0.1, 0.15) is 13.8 Å². The van der Waals surface area contributed by atoms with Gasteiger partial charge in [-0.2, -0.15) is 0 Å². The third-order valence-corrected chi connectivity index (χ3v) is 1.35. The van der Waals surface area contributed by atoms with Crippen LogP contribution in [0.4, 0.5) is 9.59 Å². The number of ether oxygens (including phenoxy) is 1. The van der Waals surface area contributed by atoms with Crippen LogP contribution in [0.2, 0.25) is 0 Å². The first kappa shape index (κ1) is 7.84. The fourth-order valence-corrected chi connectivity index (χ4v) is 0.915. The third kappa shape index (κ3) is 1.42. The summed E-state index contributed by atoms with van der Waals surface area (Å²) in [6, 6.07) is 0. The molecule has 0 aromatic heterocycles. The lowest BCUT2D eigenvalue weighted by Crippen LogP contribution is -2.32. The van der Waals surface area contributed by atoms with Gasteiger partial charge in [0.1, 0.15) is 5.60 Å². The SMILES string of the molecule is CC1(C)CN(C(=O)O)C(=O)O1. The van der Waals surface area contributed by atoms with Crippen LogP contribution in [0.25, 0.3) is 0 Å². The summed E-state index contributed by atoms with van der Waals surface area (Å²) >= 11 is 0. The first-order valence-corrected chi connectivity index (χ1v) is 3.16. The van der Waals surface area contributed by atoms with Gasteiger partial charge in [0.2, 0.25) is 0 Å². The van der Waals surface area contributed by atoms with Gasteiger partial charge in [-0.15, -0.1) is 0 Å². The zero-order valence-corrected chi connectivity index (χ0v) is 6.33. The van der Waals surface area contributed by atoms with E-state index >= 15 is 0 Å². The fraction of sp³-hybridized carbons (Fsp3) is 0.667. The van der Waals surface area contributed by atoms with E-state index in [1.165, 1.54) is 0 Å². The number of hydrogen-bond donors (Lipinski definition) is 1. The normalized spacial score (nSPS) is 21.6. The van der Waals surface area contributed by atoms with Crippen molar-refractivity contribution in [3.05, 3.63) is 0 Å². The molecule has 0 radical (unpaired) electrons. The highest BCUT2D eigenvalue weighted by atomic mass is 16.6. The highest BCUT2D eigenvalue weighted by Gasteiger charge is 2.40. The van der Waals surface area contributed by atoms with Gasteiger partial charge in [-0.3, -0.25) is 0 Å². The molecule has 0 bridgehead atoms. The Morgan fingerprint density at radius 2 is 2.27 bits per heavy atom. The number of carbonyl (C=O) groups excluding carboxylic acids is 1. The Morgan fingerprint density at radius 3 is 2.45 bits per heavy atom. The molecule has 0 atom stereocenters. The number of carbonyl (C=O) groups is 2. The Bertz CT molecular complexity index is 211. The van der Waals surface area contributed by atoms with E-state index in [4.69, 9.17) is 9.84 Å². The van der Waals surface area contributed by atoms with E-state index in [9.17, 15) is 9.59 Å². The van der Waals surface area contributed by atoms with Crippen molar-refractivity contribution >= 4 is 12.2 Å². The molecule has 0 aromatic carbocycles. The van der Waals surface area contributed by atoms with Crippen molar-refractivity contribution in [1.29, 1.82) is 0 Å². The molecule has 1 N–H and O–H groups in total. The van der Waals surface area contributed by atoms with E-state index in [2.05, 4.69) is 0 Å². The maximum absolute atomic E-state index is 10.8. The van der Waals surface area contributed by atoms with E-state index in [1.54, 1.807) is 13.8 Å². The minimum absolute atomic E-state index is 0.0984. The van der Waals surface area contributed by atoms with E-state index in [1.807, 2.05) is 0 Å². The highest BCUT2D eigenvalue weighted by molar-refractivity contribution is 5.88. The molecule has 1 aliphatic heterocycles. The third-order valence-electron chi connectivity index (χ3n) is 1.35. The van der Waals surface area contributed by atoms with Gasteiger partial charge in [-0.25, -0.2) is 14.5 Å². The summed E-state index contributed by atoms with van der Waals surface area (Å²) in [4.78, 5) is 21.7. The lowest BCUT2D eigenvalue weighted by Gasteiger charge is -2.12. The molecule has 0 unspecified atom stereocenters. The molecule has 0 aliphatic carbocycles. The molecule has 0 spiro atoms. The number of rotatable bonds is 0. The van der Waals surface area contributed by atoms with E-state index in [0.717, 1.165) is 0 Å². The smallest absolute Gasteiger partial charge is 0.420 e. The molecular weight excluding hydrogens is 150 g/mol. The predicted molar refractivity (Wildman–Crippen MR) is 35.3 cm³/mol. The quantitative estimate of drug-likeness (QED) is 0.570.